The molecule has 2 aromatic rings. The van der Waals surface area contributed by atoms with E-state index in [1.54, 1.807) is 24.3 Å². The minimum absolute atomic E-state index is 0.0262. The van der Waals surface area contributed by atoms with Crippen molar-refractivity contribution in [1.82, 2.24) is 14.7 Å². The van der Waals surface area contributed by atoms with Gasteiger partial charge >= 0.3 is 0 Å². The number of nitrogens with zero attached hydrogens (tertiary/aromatic N) is 3. The molecule has 1 aliphatic rings. The highest BCUT2D eigenvalue weighted by Crippen LogP contribution is 2.25. The summed E-state index contributed by atoms with van der Waals surface area (Å²) in [5.41, 5.74) is 0. The van der Waals surface area contributed by atoms with Crippen LogP contribution in [0.1, 0.15) is 40.0 Å². The Morgan fingerprint density at radius 2 is 2.10 bits per heavy atom. The summed E-state index contributed by atoms with van der Waals surface area (Å²) in [4.78, 5) is 32.5. The van der Waals surface area contributed by atoms with Gasteiger partial charge in [0.2, 0.25) is 0 Å². The molecule has 1 N–H and O–H groups in total. The predicted molar refractivity (Wildman–Crippen MR) is 116 cm³/mol. The molecule has 2 aromatic heterocycles. The van der Waals surface area contributed by atoms with Crippen LogP contribution in [-0.2, 0) is 0 Å². The summed E-state index contributed by atoms with van der Waals surface area (Å²) in [6.45, 7) is 6.55. The average molecular weight is 419 g/mol. The molecular formula is C21H30N4O3S. The van der Waals surface area contributed by atoms with E-state index in [4.69, 9.17) is 4.42 Å². The molecule has 29 heavy (non-hydrogen) atoms. The maximum atomic E-state index is 13.2. The molecule has 1 unspecified atom stereocenters. The van der Waals surface area contributed by atoms with Crippen molar-refractivity contribution in [3.63, 3.8) is 0 Å². The summed E-state index contributed by atoms with van der Waals surface area (Å²) < 4.78 is 5.12. The summed E-state index contributed by atoms with van der Waals surface area (Å²) in [6, 6.07) is 7.27. The lowest BCUT2D eigenvalue weighted by molar-refractivity contribution is 0.0699. The molecule has 0 aromatic carbocycles. The van der Waals surface area contributed by atoms with Gasteiger partial charge in [-0.3, -0.25) is 14.5 Å². The number of carbonyl (C=O) groups excluding carboxylic acids is 2. The predicted octanol–water partition coefficient (Wildman–Crippen LogP) is 3.08. The second-order valence-corrected chi connectivity index (χ2v) is 8.66. The molecule has 1 atom stereocenters. The van der Waals surface area contributed by atoms with Crippen LogP contribution >= 0.6 is 11.3 Å². The fourth-order valence-electron chi connectivity index (χ4n) is 3.63. The molecule has 8 heteroatoms. The van der Waals surface area contributed by atoms with Crippen molar-refractivity contribution in [2.45, 2.75) is 25.8 Å². The normalized spacial score (nSPS) is 17.0. The van der Waals surface area contributed by atoms with Crippen LogP contribution in [0, 0.1) is 0 Å². The largest absolute Gasteiger partial charge is 0.459 e. The number of anilines is 1. The third kappa shape index (κ3) is 5.68. The molecule has 2 amide bonds. The summed E-state index contributed by atoms with van der Waals surface area (Å²) in [6.07, 6.45) is 3.79. The molecular weight excluding hydrogens is 388 g/mol. The molecule has 7 nitrogen and oxygen atoms in total. The van der Waals surface area contributed by atoms with Crippen molar-refractivity contribution in [1.29, 1.82) is 0 Å². The SMILES string of the molecule is CCN1CCCC1CN(CCN(C)C)C(=O)c1ccc(NC(=O)c2ccco2)s1. The van der Waals surface area contributed by atoms with Crippen LogP contribution in [0.4, 0.5) is 5.00 Å². The van der Waals surface area contributed by atoms with E-state index >= 15 is 0 Å². The van der Waals surface area contributed by atoms with Crippen molar-refractivity contribution in [2.75, 3.05) is 52.1 Å². The zero-order chi connectivity index (χ0) is 20.8. The van der Waals surface area contributed by atoms with Gasteiger partial charge in [-0.1, -0.05) is 6.92 Å². The molecule has 0 saturated carbocycles. The van der Waals surface area contributed by atoms with E-state index in [1.165, 1.54) is 24.0 Å². The van der Waals surface area contributed by atoms with Gasteiger partial charge in [0.1, 0.15) is 0 Å². The Labute approximate surface area is 176 Å². The van der Waals surface area contributed by atoms with Crippen LogP contribution in [0.5, 0.6) is 0 Å². The molecule has 0 aliphatic carbocycles. The Morgan fingerprint density at radius 3 is 2.79 bits per heavy atom. The monoisotopic (exact) mass is 418 g/mol. The van der Waals surface area contributed by atoms with Gasteiger partial charge < -0.3 is 19.5 Å². The topological polar surface area (TPSA) is 69.0 Å². The molecule has 1 saturated heterocycles. The lowest BCUT2D eigenvalue weighted by Crippen LogP contribution is -2.45. The number of hydrogen-bond donors (Lipinski definition) is 1. The number of rotatable bonds is 9. The Balaban J connectivity index is 1.68. The number of likely N-dealkylation sites (tertiary alicyclic amines) is 1. The van der Waals surface area contributed by atoms with E-state index < -0.39 is 0 Å². The fraction of sp³-hybridized carbons (Fsp3) is 0.524. The van der Waals surface area contributed by atoms with Gasteiger partial charge in [0.05, 0.1) is 16.1 Å². The smallest absolute Gasteiger partial charge is 0.291 e. The van der Waals surface area contributed by atoms with Crippen molar-refractivity contribution < 1.29 is 14.0 Å². The van der Waals surface area contributed by atoms with Gasteiger partial charge in [0.25, 0.3) is 11.8 Å². The molecule has 158 valence electrons. The van der Waals surface area contributed by atoms with E-state index in [-0.39, 0.29) is 17.6 Å². The fourth-order valence-corrected chi connectivity index (χ4v) is 4.50. The number of likely N-dealkylation sites (N-methyl/N-ethyl adjacent to an activating group) is 2. The van der Waals surface area contributed by atoms with Crippen LogP contribution in [0.15, 0.2) is 34.9 Å². The molecule has 3 rings (SSSR count). The highest BCUT2D eigenvalue weighted by atomic mass is 32.1. The Hall–Kier alpha value is -2.16. The quantitative estimate of drug-likeness (QED) is 0.678. The zero-order valence-corrected chi connectivity index (χ0v) is 18.2. The van der Waals surface area contributed by atoms with E-state index in [2.05, 4.69) is 22.0 Å². The van der Waals surface area contributed by atoms with Gasteiger partial charge in [-0.15, -0.1) is 11.3 Å². The number of nitrogens with one attached hydrogen (secondary N) is 1. The number of hydrogen-bond acceptors (Lipinski definition) is 6. The van der Waals surface area contributed by atoms with Crippen LogP contribution in [0.2, 0.25) is 0 Å². The summed E-state index contributed by atoms with van der Waals surface area (Å²) in [5.74, 6) is -0.0390. The van der Waals surface area contributed by atoms with Crippen LogP contribution in [0.3, 0.4) is 0 Å². The van der Waals surface area contributed by atoms with Crippen LogP contribution < -0.4 is 5.32 Å². The van der Waals surface area contributed by atoms with Gasteiger partial charge in [0, 0.05) is 25.7 Å². The third-order valence-electron chi connectivity index (χ3n) is 5.24. The standard InChI is InChI=1S/C21H30N4O3S/c1-4-24-11-5-7-16(24)15-25(13-12-23(2)3)21(27)18-9-10-19(29-18)22-20(26)17-8-6-14-28-17/h6,8-10,14,16H,4-5,7,11-13,15H2,1-3H3,(H,22,26). The molecule has 0 radical (unpaired) electrons. The maximum absolute atomic E-state index is 13.2. The summed E-state index contributed by atoms with van der Waals surface area (Å²) >= 11 is 1.30. The Bertz CT molecular complexity index is 803. The zero-order valence-electron chi connectivity index (χ0n) is 17.4. The van der Waals surface area contributed by atoms with Crippen molar-refractivity contribution in [2.24, 2.45) is 0 Å². The summed E-state index contributed by atoms with van der Waals surface area (Å²) in [7, 11) is 4.04. The Morgan fingerprint density at radius 1 is 1.28 bits per heavy atom. The number of carbonyl (C=O) groups is 2. The molecule has 0 bridgehead atoms. The molecule has 1 fully saturated rings. The van der Waals surface area contributed by atoms with Crippen LogP contribution in [-0.4, -0.2) is 79.4 Å². The van der Waals surface area contributed by atoms with Gasteiger partial charge in [-0.25, -0.2) is 0 Å². The first-order valence-corrected chi connectivity index (χ1v) is 10.9. The van der Waals surface area contributed by atoms with Gasteiger partial charge in [-0.05, 0) is 64.3 Å². The first-order chi connectivity index (χ1) is 14.0. The number of furan rings is 1. The maximum Gasteiger partial charge on any atom is 0.291 e. The first kappa shape index (κ1) is 21.5. The van der Waals surface area contributed by atoms with Crippen LogP contribution in [0.25, 0.3) is 0 Å². The van der Waals surface area contributed by atoms with Crippen molar-refractivity contribution >= 4 is 28.2 Å². The number of amides is 2. The second-order valence-electron chi connectivity index (χ2n) is 7.57. The highest BCUT2D eigenvalue weighted by Gasteiger charge is 2.28. The first-order valence-electron chi connectivity index (χ1n) is 10.1. The van der Waals surface area contributed by atoms with E-state index in [0.717, 1.165) is 32.6 Å². The molecule has 0 spiro atoms. The second kappa shape index (κ2) is 10.0. The minimum Gasteiger partial charge on any atom is -0.459 e. The lowest BCUT2D eigenvalue weighted by Gasteiger charge is -2.31. The third-order valence-corrected chi connectivity index (χ3v) is 6.23. The molecule has 3 heterocycles. The minimum atomic E-state index is -0.315. The van der Waals surface area contributed by atoms with Gasteiger partial charge in [0.15, 0.2) is 5.76 Å². The van der Waals surface area contributed by atoms with Crippen molar-refractivity contribution in [3.8, 4) is 0 Å². The molecule has 1 aliphatic heterocycles. The lowest BCUT2D eigenvalue weighted by atomic mass is 10.2. The highest BCUT2D eigenvalue weighted by molar-refractivity contribution is 7.18. The van der Waals surface area contributed by atoms with Crippen molar-refractivity contribution in [3.05, 3.63) is 41.2 Å². The van der Waals surface area contributed by atoms with Gasteiger partial charge in [-0.2, -0.15) is 0 Å². The summed E-state index contributed by atoms with van der Waals surface area (Å²) in [5, 5.41) is 3.43. The van der Waals surface area contributed by atoms with E-state index in [1.807, 2.05) is 19.0 Å². The average Bonchev–Trinajstić information content (AvgIpc) is 3.45. The van der Waals surface area contributed by atoms with E-state index in [9.17, 15) is 9.59 Å². The number of thiophene rings is 1. The van der Waals surface area contributed by atoms with E-state index in [0.29, 0.717) is 22.5 Å². The Kier molecular flexibility index (Phi) is 7.46.